The van der Waals surface area contributed by atoms with Gasteiger partial charge < -0.3 is 9.64 Å². The number of nitrogens with zero attached hydrogens (tertiary/aromatic N) is 1. The number of ether oxygens (including phenoxy) is 1. The van der Waals surface area contributed by atoms with Crippen molar-refractivity contribution in [2.45, 2.75) is 20.3 Å². The number of carbonyl (C=O) groups is 2. The number of benzene rings is 1. The van der Waals surface area contributed by atoms with E-state index in [9.17, 15) is 9.59 Å². The van der Waals surface area contributed by atoms with E-state index in [1.807, 2.05) is 31.2 Å². The average Bonchev–Trinajstić information content (AvgIpc) is 2.78. The summed E-state index contributed by atoms with van der Waals surface area (Å²) >= 11 is 1.30. The molecule has 20 heavy (non-hydrogen) atoms. The molecule has 0 aromatic heterocycles. The van der Waals surface area contributed by atoms with E-state index in [1.165, 1.54) is 11.8 Å². The van der Waals surface area contributed by atoms with Gasteiger partial charge in [0.25, 0.3) is 0 Å². The van der Waals surface area contributed by atoms with Crippen LogP contribution in [0.2, 0.25) is 0 Å². The van der Waals surface area contributed by atoms with Crippen molar-refractivity contribution in [3.05, 3.63) is 24.3 Å². The first-order valence-corrected chi connectivity index (χ1v) is 7.75. The summed E-state index contributed by atoms with van der Waals surface area (Å²) in [6.45, 7) is 4.78. The van der Waals surface area contributed by atoms with E-state index in [2.05, 4.69) is 0 Å². The van der Waals surface area contributed by atoms with Crippen LogP contribution in [-0.4, -0.2) is 29.9 Å². The summed E-state index contributed by atoms with van der Waals surface area (Å²) in [5, 5.41) is 0.106. The quantitative estimate of drug-likeness (QED) is 0.837. The Balaban J connectivity index is 2.03. The van der Waals surface area contributed by atoms with Gasteiger partial charge in [0.2, 0.25) is 5.91 Å². The van der Waals surface area contributed by atoms with E-state index in [0.29, 0.717) is 25.3 Å². The van der Waals surface area contributed by atoms with Crippen molar-refractivity contribution in [3.8, 4) is 5.75 Å². The van der Waals surface area contributed by atoms with Crippen molar-refractivity contribution in [1.29, 1.82) is 0 Å². The van der Waals surface area contributed by atoms with E-state index in [0.717, 1.165) is 11.4 Å². The van der Waals surface area contributed by atoms with Gasteiger partial charge >= 0.3 is 0 Å². The average molecular weight is 293 g/mol. The van der Waals surface area contributed by atoms with Crippen molar-refractivity contribution in [1.82, 2.24) is 0 Å². The maximum atomic E-state index is 12.1. The van der Waals surface area contributed by atoms with Gasteiger partial charge in [0.15, 0.2) is 5.12 Å². The largest absolute Gasteiger partial charge is 0.494 e. The lowest BCUT2D eigenvalue weighted by molar-refractivity contribution is -0.117. The minimum absolute atomic E-state index is 0.106. The smallest absolute Gasteiger partial charge is 0.227 e. The molecule has 0 N–H and O–H groups in total. The predicted molar refractivity (Wildman–Crippen MR) is 81.2 cm³/mol. The van der Waals surface area contributed by atoms with Gasteiger partial charge in [0, 0.05) is 37.4 Å². The minimum Gasteiger partial charge on any atom is -0.494 e. The normalized spacial score (nSPS) is 18.4. The molecule has 1 aromatic carbocycles. The van der Waals surface area contributed by atoms with Gasteiger partial charge in [-0.25, -0.2) is 0 Å². The first kappa shape index (κ1) is 14.9. The Hall–Kier alpha value is -1.49. The maximum Gasteiger partial charge on any atom is 0.227 e. The zero-order chi connectivity index (χ0) is 14.5. The lowest BCUT2D eigenvalue weighted by atomic mass is 10.1. The Labute approximate surface area is 123 Å². The highest BCUT2D eigenvalue weighted by molar-refractivity contribution is 8.13. The molecule has 108 valence electrons. The summed E-state index contributed by atoms with van der Waals surface area (Å²) in [4.78, 5) is 24.9. The Morgan fingerprint density at radius 1 is 1.50 bits per heavy atom. The van der Waals surface area contributed by atoms with Crippen LogP contribution in [0.15, 0.2) is 24.3 Å². The second-order valence-electron chi connectivity index (χ2n) is 4.81. The third kappa shape index (κ3) is 3.76. The molecule has 0 saturated carbocycles. The van der Waals surface area contributed by atoms with Crippen LogP contribution < -0.4 is 9.64 Å². The highest BCUT2D eigenvalue weighted by atomic mass is 32.2. The topological polar surface area (TPSA) is 46.6 Å². The molecule has 1 atom stereocenters. The molecule has 1 aliphatic heterocycles. The number of amides is 1. The Morgan fingerprint density at radius 3 is 3.00 bits per heavy atom. The van der Waals surface area contributed by atoms with Crippen LogP contribution in [0.25, 0.3) is 0 Å². The number of carbonyl (C=O) groups excluding carboxylic acids is 2. The Bertz CT molecular complexity index is 504. The first-order chi connectivity index (χ1) is 9.60. The first-order valence-electron chi connectivity index (χ1n) is 6.76. The Morgan fingerprint density at radius 2 is 2.30 bits per heavy atom. The van der Waals surface area contributed by atoms with Gasteiger partial charge in [-0.3, -0.25) is 9.59 Å². The van der Waals surface area contributed by atoms with E-state index in [1.54, 1.807) is 11.8 Å². The van der Waals surface area contributed by atoms with Crippen LogP contribution in [0.1, 0.15) is 20.3 Å². The van der Waals surface area contributed by atoms with Crippen molar-refractivity contribution in [3.63, 3.8) is 0 Å². The number of thioether (sulfide) groups is 1. The van der Waals surface area contributed by atoms with Crippen molar-refractivity contribution < 1.29 is 14.3 Å². The zero-order valence-electron chi connectivity index (χ0n) is 11.8. The fraction of sp³-hybridized carbons (Fsp3) is 0.467. The molecule has 2 rings (SSSR count). The molecule has 1 amide bonds. The van der Waals surface area contributed by atoms with Gasteiger partial charge in [-0.1, -0.05) is 17.8 Å². The number of anilines is 1. The van der Waals surface area contributed by atoms with E-state index < -0.39 is 0 Å². The molecule has 0 aliphatic carbocycles. The summed E-state index contributed by atoms with van der Waals surface area (Å²) < 4.78 is 5.46. The van der Waals surface area contributed by atoms with Crippen molar-refractivity contribution in [2.75, 3.05) is 23.8 Å². The standard InChI is InChI=1S/C15H19NO3S/c1-3-19-14-6-4-5-13(8-14)16-9-12(7-15(16)18)10-20-11(2)17/h4-6,8,12H,3,7,9-10H2,1-2H3. The van der Waals surface area contributed by atoms with Crippen LogP contribution in [-0.2, 0) is 9.59 Å². The van der Waals surface area contributed by atoms with Crippen LogP contribution in [0, 0.1) is 5.92 Å². The summed E-state index contributed by atoms with van der Waals surface area (Å²) in [7, 11) is 0. The second kappa shape index (κ2) is 6.79. The monoisotopic (exact) mass is 293 g/mol. The SMILES string of the molecule is CCOc1cccc(N2CC(CSC(C)=O)CC2=O)c1. The van der Waals surface area contributed by atoms with Gasteiger partial charge in [0.05, 0.1) is 6.61 Å². The molecule has 1 aliphatic rings. The maximum absolute atomic E-state index is 12.1. The Kier molecular flexibility index (Phi) is 5.06. The third-order valence-electron chi connectivity index (χ3n) is 3.17. The molecule has 1 fully saturated rings. The molecule has 4 nitrogen and oxygen atoms in total. The second-order valence-corrected chi connectivity index (χ2v) is 6.00. The molecule has 1 unspecified atom stereocenters. The molecule has 1 heterocycles. The van der Waals surface area contributed by atoms with Gasteiger partial charge in [-0.15, -0.1) is 0 Å². The minimum atomic E-state index is 0.106. The fourth-order valence-electron chi connectivity index (χ4n) is 2.29. The van der Waals surface area contributed by atoms with E-state index >= 15 is 0 Å². The number of hydrogen-bond donors (Lipinski definition) is 0. The molecule has 1 aromatic rings. The molecule has 0 spiro atoms. The van der Waals surface area contributed by atoms with Crippen LogP contribution in [0.5, 0.6) is 5.75 Å². The highest BCUT2D eigenvalue weighted by Gasteiger charge is 2.30. The van der Waals surface area contributed by atoms with Crippen molar-refractivity contribution >= 4 is 28.5 Å². The summed E-state index contributed by atoms with van der Waals surface area (Å²) in [6, 6.07) is 7.59. The summed E-state index contributed by atoms with van der Waals surface area (Å²) in [6.07, 6.45) is 0.513. The fourth-order valence-corrected chi connectivity index (χ4v) is 2.98. The van der Waals surface area contributed by atoms with E-state index in [4.69, 9.17) is 4.74 Å². The highest BCUT2D eigenvalue weighted by Crippen LogP contribution is 2.29. The molecule has 5 heteroatoms. The molecular formula is C15H19NO3S. The molecule has 1 saturated heterocycles. The molecule has 0 radical (unpaired) electrons. The lowest BCUT2D eigenvalue weighted by Gasteiger charge is -2.17. The van der Waals surface area contributed by atoms with E-state index in [-0.39, 0.29) is 16.9 Å². The van der Waals surface area contributed by atoms with Crippen LogP contribution in [0.4, 0.5) is 5.69 Å². The van der Waals surface area contributed by atoms with Crippen molar-refractivity contribution in [2.24, 2.45) is 5.92 Å². The molecule has 0 bridgehead atoms. The summed E-state index contributed by atoms with van der Waals surface area (Å²) in [5.41, 5.74) is 0.872. The number of rotatable bonds is 5. The molecular weight excluding hydrogens is 274 g/mol. The van der Waals surface area contributed by atoms with Gasteiger partial charge in [0.1, 0.15) is 5.75 Å². The predicted octanol–water partition coefficient (Wildman–Crippen LogP) is 2.72. The van der Waals surface area contributed by atoms with Gasteiger partial charge in [-0.2, -0.15) is 0 Å². The summed E-state index contributed by atoms with van der Waals surface area (Å²) in [5.74, 6) is 1.85. The number of hydrogen-bond acceptors (Lipinski definition) is 4. The van der Waals surface area contributed by atoms with Crippen LogP contribution in [0.3, 0.4) is 0 Å². The zero-order valence-corrected chi connectivity index (χ0v) is 12.6. The van der Waals surface area contributed by atoms with Gasteiger partial charge in [-0.05, 0) is 25.0 Å². The lowest BCUT2D eigenvalue weighted by Crippen LogP contribution is -2.24. The third-order valence-corrected chi connectivity index (χ3v) is 4.21. The van der Waals surface area contributed by atoms with Crippen LogP contribution >= 0.6 is 11.8 Å².